The van der Waals surface area contributed by atoms with Gasteiger partial charge in [0.1, 0.15) is 0 Å². The maximum absolute atomic E-state index is 11.3. The van der Waals surface area contributed by atoms with Crippen molar-refractivity contribution in [2.75, 3.05) is 0 Å². The SMILES string of the molecule is O=S(=O)(NOC1CCCC1)NC1CC1. The molecule has 0 atom stereocenters. The first-order valence-corrected chi connectivity index (χ1v) is 6.59. The second-order valence-electron chi connectivity index (χ2n) is 4.00. The van der Waals surface area contributed by atoms with Gasteiger partial charge in [0.25, 0.3) is 10.2 Å². The molecule has 6 heteroatoms. The van der Waals surface area contributed by atoms with Crippen molar-refractivity contribution >= 4 is 10.2 Å². The van der Waals surface area contributed by atoms with Crippen LogP contribution in [-0.2, 0) is 15.0 Å². The van der Waals surface area contributed by atoms with Gasteiger partial charge < -0.3 is 0 Å². The first kappa shape index (κ1) is 10.4. The minimum absolute atomic E-state index is 0.0609. The van der Waals surface area contributed by atoms with Crippen LogP contribution in [0.5, 0.6) is 0 Å². The predicted octanol–water partition coefficient (Wildman–Crippen LogP) is 0.447. The maximum Gasteiger partial charge on any atom is 0.299 e. The van der Waals surface area contributed by atoms with Crippen LogP contribution in [0.15, 0.2) is 0 Å². The molecule has 14 heavy (non-hydrogen) atoms. The Morgan fingerprint density at radius 2 is 1.71 bits per heavy atom. The summed E-state index contributed by atoms with van der Waals surface area (Å²) < 4.78 is 25.1. The molecule has 0 amide bonds. The molecule has 0 spiro atoms. The highest BCUT2D eigenvalue weighted by atomic mass is 32.2. The lowest BCUT2D eigenvalue weighted by atomic mass is 10.3. The lowest BCUT2D eigenvalue weighted by Crippen LogP contribution is -2.39. The fourth-order valence-electron chi connectivity index (χ4n) is 1.58. The summed E-state index contributed by atoms with van der Waals surface area (Å²) in [6.45, 7) is 0. The third kappa shape index (κ3) is 3.20. The summed E-state index contributed by atoms with van der Waals surface area (Å²) in [5.74, 6) is 0. The summed E-state index contributed by atoms with van der Waals surface area (Å²) >= 11 is 0. The van der Waals surface area contributed by atoms with Gasteiger partial charge in [-0.2, -0.15) is 13.1 Å². The largest absolute Gasteiger partial charge is 0.299 e. The summed E-state index contributed by atoms with van der Waals surface area (Å²) in [4.78, 5) is 7.23. The van der Waals surface area contributed by atoms with Crippen LogP contribution in [0, 0.1) is 0 Å². The fraction of sp³-hybridized carbons (Fsp3) is 1.00. The number of rotatable bonds is 5. The van der Waals surface area contributed by atoms with E-state index in [-0.39, 0.29) is 12.1 Å². The third-order valence-electron chi connectivity index (χ3n) is 2.53. The first-order chi connectivity index (χ1) is 6.66. The zero-order chi connectivity index (χ0) is 10.0. The van der Waals surface area contributed by atoms with Gasteiger partial charge in [0.2, 0.25) is 0 Å². The van der Waals surface area contributed by atoms with Crippen LogP contribution in [0.1, 0.15) is 38.5 Å². The zero-order valence-electron chi connectivity index (χ0n) is 8.03. The van der Waals surface area contributed by atoms with E-state index in [1.165, 1.54) is 0 Å². The Kier molecular flexibility index (Phi) is 3.06. The molecular weight excluding hydrogens is 204 g/mol. The number of hydrogen-bond donors (Lipinski definition) is 2. The fourth-order valence-corrected chi connectivity index (χ4v) is 2.57. The van der Waals surface area contributed by atoms with Crippen molar-refractivity contribution < 1.29 is 13.3 Å². The van der Waals surface area contributed by atoms with Crippen molar-refractivity contribution in [1.29, 1.82) is 0 Å². The van der Waals surface area contributed by atoms with Crippen molar-refractivity contribution in [3.63, 3.8) is 0 Å². The normalized spacial score (nSPS) is 24.3. The van der Waals surface area contributed by atoms with Crippen molar-refractivity contribution in [1.82, 2.24) is 9.61 Å². The summed E-state index contributed by atoms with van der Waals surface area (Å²) in [6, 6.07) is 0.125. The molecule has 0 aliphatic heterocycles. The lowest BCUT2D eigenvalue weighted by molar-refractivity contribution is 0.0216. The summed E-state index contributed by atoms with van der Waals surface area (Å²) in [7, 11) is -3.43. The standard InChI is InChI=1S/C8H16N2O3S/c11-14(12,9-7-5-6-7)10-13-8-3-1-2-4-8/h7-10H,1-6H2. The van der Waals surface area contributed by atoms with Crippen LogP contribution in [0.2, 0.25) is 0 Å². The Balaban J connectivity index is 1.71. The van der Waals surface area contributed by atoms with Crippen LogP contribution in [-0.4, -0.2) is 20.6 Å². The predicted molar refractivity (Wildman–Crippen MR) is 51.6 cm³/mol. The number of nitrogens with one attached hydrogen (secondary N) is 2. The Hall–Kier alpha value is -0.170. The van der Waals surface area contributed by atoms with E-state index in [2.05, 4.69) is 9.61 Å². The van der Waals surface area contributed by atoms with Gasteiger partial charge in [-0.25, -0.2) is 0 Å². The minimum atomic E-state index is -3.43. The van der Waals surface area contributed by atoms with E-state index in [1.54, 1.807) is 0 Å². The van der Waals surface area contributed by atoms with Gasteiger partial charge in [-0.15, -0.1) is 0 Å². The van der Waals surface area contributed by atoms with E-state index in [4.69, 9.17) is 4.84 Å². The molecule has 2 fully saturated rings. The smallest absolute Gasteiger partial charge is 0.283 e. The van der Waals surface area contributed by atoms with Crippen LogP contribution >= 0.6 is 0 Å². The van der Waals surface area contributed by atoms with E-state index in [0.717, 1.165) is 38.5 Å². The highest BCUT2D eigenvalue weighted by Crippen LogP contribution is 2.21. The summed E-state index contributed by atoms with van der Waals surface area (Å²) in [5.41, 5.74) is 0. The lowest BCUT2D eigenvalue weighted by Gasteiger charge is -2.11. The molecule has 5 nitrogen and oxygen atoms in total. The van der Waals surface area contributed by atoms with Gasteiger partial charge in [-0.3, -0.25) is 4.84 Å². The van der Waals surface area contributed by atoms with Crippen LogP contribution < -0.4 is 9.61 Å². The molecule has 0 saturated heterocycles. The van der Waals surface area contributed by atoms with Gasteiger partial charge in [-0.05, 0) is 25.7 Å². The maximum atomic E-state index is 11.3. The second kappa shape index (κ2) is 4.14. The van der Waals surface area contributed by atoms with E-state index in [0.29, 0.717) is 0 Å². The summed E-state index contributed by atoms with van der Waals surface area (Å²) in [5, 5.41) is 0. The van der Waals surface area contributed by atoms with Crippen molar-refractivity contribution in [2.24, 2.45) is 0 Å². The Morgan fingerprint density at radius 1 is 1.07 bits per heavy atom. The molecule has 0 heterocycles. The van der Waals surface area contributed by atoms with Crippen LogP contribution in [0.25, 0.3) is 0 Å². The van der Waals surface area contributed by atoms with Crippen molar-refractivity contribution in [3.8, 4) is 0 Å². The zero-order valence-corrected chi connectivity index (χ0v) is 8.85. The van der Waals surface area contributed by atoms with E-state index in [9.17, 15) is 8.42 Å². The van der Waals surface area contributed by atoms with Crippen LogP contribution in [0.4, 0.5) is 0 Å². The van der Waals surface area contributed by atoms with Crippen molar-refractivity contribution in [2.45, 2.75) is 50.7 Å². The van der Waals surface area contributed by atoms with Gasteiger partial charge in [0, 0.05) is 6.04 Å². The van der Waals surface area contributed by atoms with Gasteiger partial charge in [-0.1, -0.05) is 17.7 Å². The van der Waals surface area contributed by atoms with Gasteiger partial charge in [0.05, 0.1) is 6.10 Å². The molecule has 0 aromatic heterocycles. The minimum Gasteiger partial charge on any atom is -0.283 e. The van der Waals surface area contributed by atoms with E-state index < -0.39 is 10.2 Å². The quantitative estimate of drug-likeness (QED) is 0.661. The average molecular weight is 220 g/mol. The van der Waals surface area contributed by atoms with E-state index in [1.807, 2.05) is 0 Å². The highest BCUT2D eigenvalue weighted by Gasteiger charge is 2.27. The molecule has 82 valence electrons. The molecule has 0 bridgehead atoms. The van der Waals surface area contributed by atoms with Gasteiger partial charge >= 0.3 is 0 Å². The Labute approximate surface area is 84.3 Å². The molecule has 0 aromatic rings. The molecule has 0 radical (unpaired) electrons. The Bertz CT molecular complexity index is 281. The van der Waals surface area contributed by atoms with E-state index >= 15 is 0 Å². The first-order valence-electron chi connectivity index (χ1n) is 5.10. The molecule has 0 unspecified atom stereocenters. The highest BCUT2D eigenvalue weighted by molar-refractivity contribution is 7.87. The third-order valence-corrected chi connectivity index (χ3v) is 3.49. The molecule has 2 aliphatic rings. The summed E-state index contributed by atoms with van der Waals surface area (Å²) in [6.07, 6.45) is 6.09. The van der Waals surface area contributed by atoms with Crippen molar-refractivity contribution in [3.05, 3.63) is 0 Å². The monoisotopic (exact) mass is 220 g/mol. The molecule has 2 rings (SSSR count). The molecule has 0 aromatic carbocycles. The second-order valence-corrected chi connectivity index (χ2v) is 5.41. The topological polar surface area (TPSA) is 67.4 Å². The van der Waals surface area contributed by atoms with Gasteiger partial charge in [0.15, 0.2) is 0 Å². The Morgan fingerprint density at radius 3 is 2.29 bits per heavy atom. The molecular formula is C8H16N2O3S. The molecule has 2 aliphatic carbocycles. The van der Waals surface area contributed by atoms with Crippen LogP contribution in [0.3, 0.4) is 0 Å². The molecule has 2 saturated carbocycles. The number of hydrogen-bond acceptors (Lipinski definition) is 3. The average Bonchev–Trinajstić information content (AvgIpc) is 2.78. The molecule has 2 N–H and O–H groups in total.